The first-order valence-electron chi connectivity index (χ1n) is 6.82. The number of nitrogens with one attached hydrogen (secondary N) is 1. The number of furan rings is 1. The monoisotopic (exact) mass is 284 g/mol. The third-order valence-electron chi connectivity index (χ3n) is 3.76. The minimum absolute atomic E-state index is 0.0492. The van der Waals surface area contributed by atoms with Crippen LogP contribution >= 0.6 is 0 Å². The molecule has 1 atom stereocenters. The van der Waals surface area contributed by atoms with Crippen molar-refractivity contribution < 1.29 is 14.0 Å². The number of anilines is 1. The lowest BCUT2D eigenvalue weighted by Gasteiger charge is -2.30. The number of carbonyl (C=O) groups excluding carboxylic acids is 2. The molecule has 0 bridgehead atoms. The van der Waals surface area contributed by atoms with Gasteiger partial charge in [-0.2, -0.15) is 0 Å². The Labute approximate surface area is 122 Å². The first-order valence-corrected chi connectivity index (χ1v) is 6.82. The van der Waals surface area contributed by atoms with Crippen molar-refractivity contribution >= 4 is 17.5 Å². The number of carbonyl (C=O) groups is 2. The Kier molecular flexibility index (Phi) is 3.48. The molecule has 0 aliphatic carbocycles. The summed E-state index contributed by atoms with van der Waals surface area (Å²) in [5.41, 5.74) is 1.68. The molecule has 21 heavy (non-hydrogen) atoms. The average Bonchev–Trinajstić information content (AvgIpc) is 3.02. The maximum atomic E-state index is 12.4. The predicted molar refractivity (Wildman–Crippen MR) is 77.8 cm³/mol. The van der Waals surface area contributed by atoms with E-state index >= 15 is 0 Å². The van der Waals surface area contributed by atoms with Gasteiger partial charge in [0.05, 0.1) is 18.7 Å². The minimum atomic E-state index is -0.445. The van der Waals surface area contributed by atoms with Gasteiger partial charge in [0.15, 0.2) is 0 Å². The van der Waals surface area contributed by atoms with Gasteiger partial charge in [0.1, 0.15) is 5.76 Å². The normalized spacial score (nSPS) is 17.5. The maximum absolute atomic E-state index is 12.4. The summed E-state index contributed by atoms with van der Waals surface area (Å²) in [7, 11) is 1.73. The highest BCUT2D eigenvalue weighted by Gasteiger charge is 2.33. The number of nitrogens with zero attached hydrogens (tertiary/aromatic N) is 1. The lowest BCUT2D eigenvalue weighted by Crippen LogP contribution is -2.39. The summed E-state index contributed by atoms with van der Waals surface area (Å²) in [6, 6.07) is 11.1. The molecule has 2 heterocycles. The van der Waals surface area contributed by atoms with Gasteiger partial charge in [0.2, 0.25) is 11.8 Å². The van der Waals surface area contributed by atoms with E-state index in [-0.39, 0.29) is 18.2 Å². The van der Waals surface area contributed by atoms with Crippen molar-refractivity contribution in [2.45, 2.75) is 18.9 Å². The summed E-state index contributed by atoms with van der Waals surface area (Å²) in [4.78, 5) is 26.0. The Hall–Kier alpha value is -2.56. The molecular formula is C16H16N2O3. The Balaban J connectivity index is 1.80. The largest absolute Gasteiger partial charge is 0.467 e. The van der Waals surface area contributed by atoms with E-state index in [9.17, 15) is 9.59 Å². The van der Waals surface area contributed by atoms with Crippen molar-refractivity contribution in [2.24, 2.45) is 0 Å². The molecule has 1 aliphatic rings. The van der Waals surface area contributed by atoms with Crippen LogP contribution in [0, 0.1) is 0 Å². The van der Waals surface area contributed by atoms with Gasteiger partial charge in [0.25, 0.3) is 0 Å². The molecule has 0 spiro atoms. The fraction of sp³-hybridized carbons (Fsp3) is 0.250. The van der Waals surface area contributed by atoms with Crippen LogP contribution in [-0.2, 0) is 16.1 Å². The fourth-order valence-electron chi connectivity index (χ4n) is 2.59. The van der Waals surface area contributed by atoms with Crippen LogP contribution in [0.25, 0.3) is 0 Å². The van der Waals surface area contributed by atoms with Gasteiger partial charge in [-0.15, -0.1) is 0 Å². The standard InChI is InChI=1S/C16H16N2O3/c1-18-14-7-3-2-6-12(14)13(9-15(18)19)16(20)17-10-11-5-4-8-21-11/h2-8,13H,9-10H2,1H3,(H,17,20). The number of rotatable bonds is 3. The van der Waals surface area contributed by atoms with E-state index < -0.39 is 5.92 Å². The molecule has 5 heteroatoms. The molecule has 1 aromatic heterocycles. The molecule has 0 saturated heterocycles. The third kappa shape index (κ3) is 2.54. The summed E-state index contributed by atoms with van der Waals surface area (Å²) in [5, 5.41) is 2.83. The van der Waals surface area contributed by atoms with E-state index in [1.54, 1.807) is 30.3 Å². The molecule has 1 N–H and O–H groups in total. The van der Waals surface area contributed by atoms with Crippen molar-refractivity contribution in [2.75, 3.05) is 11.9 Å². The summed E-state index contributed by atoms with van der Waals surface area (Å²) in [5.74, 6) is 0.0444. The SMILES string of the molecule is CN1C(=O)CC(C(=O)NCc2ccco2)c2ccccc21. The van der Waals surface area contributed by atoms with Gasteiger partial charge in [-0.05, 0) is 23.8 Å². The Morgan fingerprint density at radius 3 is 2.90 bits per heavy atom. The highest BCUT2D eigenvalue weighted by Crippen LogP contribution is 2.35. The van der Waals surface area contributed by atoms with Crippen molar-refractivity contribution in [3.05, 3.63) is 54.0 Å². The second-order valence-corrected chi connectivity index (χ2v) is 5.07. The number of fused-ring (bicyclic) bond motifs is 1. The highest BCUT2D eigenvalue weighted by atomic mass is 16.3. The third-order valence-corrected chi connectivity index (χ3v) is 3.76. The van der Waals surface area contributed by atoms with Crippen molar-refractivity contribution in [3.8, 4) is 0 Å². The molecule has 2 amide bonds. The zero-order valence-corrected chi connectivity index (χ0v) is 11.7. The summed E-state index contributed by atoms with van der Waals surface area (Å²) >= 11 is 0. The first-order chi connectivity index (χ1) is 10.2. The van der Waals surface area contributed by atoms with E-state index in [0.717, 1.165) is 11.3 Å². The van der Waals surface area contributed by atoms with Crippen LogP contribution in [0.5, 0.6) is 0 Å². The maximum Gasteiger partial charge on any atom is 0.228 e. The summed E-state index contributed by atoms with van der Waals surface area (Å²) in [6.45, 7) is 0.328. The molecule has 1 aromatic carbocycles. The molecule has 1 unspecified atom stereocenters. The van der Waals surface area contributed by atoms with Crippen LogP contribution in [0.15, 0.2) is 47.1 Å². The number of hydrogen-bond acceptors (Lipinski definition) is 3. The van der Waals surface area contributed by atoms with Gasteiger partial charge < -0.3 is 14.6 Å². The minimum Gasteiger partial charge on any atom is -0.467 e. The Bertz CT molecular complexity index is 664. The molecule has 3 rings (SSSR count). The van der Waals surface area contributed by atoms with Gasteiger partial charge in [-0.1, -0.05) is 18.2 Å². The van der Waals surface area contributed by atoms with E-state index in [2.05, 4.69) is 5.32 Å². The van der Waals surface area contributed by atoms with Crippen LogP contribution < -0.4 is 10.2 Å². The molecule has 1 aliphatic heterocycles. The van der Waals surface area contributed by atoms with E-state index in [1.807, 2.05) is 24.3 Å². The number of benzene rings is 1. The van der Waals surface area contributed by atoms with Crippen LogP contribution in [-0.4, -0.2) is 18.9 Å². The second kappa shape index (κ2) is 5.44. The van der Waals surface area contributed by atoms with E-state index in [1.165, 1.54) is 0 Å². The molecule has 2 aromatic rings. The van der Waals surface area contributed by atoms with Gasteiger partial charge in [-0.25, -0.2) is 0 Å². The van der Waals surface area contributed by atoms with Crippen molar-refractivity contribution in [3.63, 3.8) is 0 Å². The Morgan fingerprint density at radius 2 is 2.14 bits per heavy atom. The van der Waals surface area contributed by atoms with Crippen LogP contribution in [0.1, 0.15) is 23.7 Å². The summed E-state index contributed by atoms with van der Waals surface area (Å²) < 4.78 is 5.19. The highest BCUT2D eigenvalue weighted by molar-refractivity contribution is 6.02. The topological polar surface area (TPSA) is 62.6 Å². The smallest absolute Gasteiger partial charge is 0.228 e. The second-order valence-electron chi connectivity index (χ2n) is 5.07. The van der Waals surface area contributed by atoms with Crippen LogP contribution in [0.2, 0.25) is 0 Å². The fourth-order valence-corrected chi connectivity index (χ4v) is 2.59. The molecular weight excluding hydrogens is 268 g/mol. The Morgan fingerprint density at radius 1 is 1.33 bits per heavy atom. The van der Waals surface area contributed by atoms with Gasteiger partial charge >= 0.3 is 0 Å². The summed E-state index contributed by atoms with van der Waals surface area (Å²) in [6.07, 6.45) is 1.76. The van der Waals surface area contributed by atoms with E-state index in [0.29, 0.717) is 12.3 Å². The number of amides is 2. The number of para-hydroxylation sites is 1. The first kappa shape index (κ1) is 13.4. The molecule has 0 radical (unpaired) electrons. The molecule has 0 saturated carbocycles. The lowest BCUT2D eigenvalue weighted by molar-refractivity contribution is -0.127. The van der Waals surface area contributed by atoms with Gasteiger partial charge in [0, 0.05) is 19.2 Å². The van der Waals surface area contributed by atoms with Crippen molar-refractivity contribution in [1.82, 2.24) is 5.32 Å². The van der Waals surface area contributed by atoms with Crippen molar-refractivity contribution in [1.29, 1.82) is 0 Å². The molecule has 108 valence electrons. The number of hydrogen-bond donors (Lipinski definition) is 1. The van der Waals surface area contributed by atoms with Crippen LogP contribution in [0.4, 0.5) is 5.69 Å². The zero-order chi connectivity index (χ0) is 14.8. The van der Waals surface area contributed by atoms with E-state index in [4.69, 9.17) is 4.42 Å². The molecule has 5 nitrogen and oxygen atoms in total. The lowest BCUT2D eigenvalue weighted by atomic mass is 9.89. The quantitative estimate of drug-likeness (QED) is 0.938. The van der Waals surface area contributed by atoms with Gasteiger partial charge in [-0.3, -0.25) is 9.59 Å². The van der Waals surface area contributed by atoms with Crippen LogP contribution in [0.3, 0.4) is 0 Å². The zero-order valence-electron chi connectivity index (χ0n) is 11.7. The average molecular weight is 284 g/mol. The predicted octanol–water partition coefficient (Wildman–Crippen LogP) is 2.05. The molecule has 0 fully saturated rings.